The van der Waals surface area contributed by atoms with Gasteiger partial charge in [0.25, 0.3) is 0 Å². The van der Waals surface area contributed by atoms with Gasteiger partial charge in [0.05, 0.1) is 6.10 Å². The number of ketones is 1. The average molecular weight is 167 g/mol. The number of ether oxygens (including phenoxy) is 1. The Morgan fingerprint density at radius 2 is 2.42 bits per heavy atom. The highest BCUT2D eigenvalue weighted by atomic mass is 16.6. The van der Waals surface area contributed by atoms with Gasteiger partial charge >= 0.3 is 0 Å². The van der Waals surface area contributed by atoms with Gasteiger partial charge < -0.3 is 4.74 Å². The molecular formula is C10H15O2. The Morgan fingerprint density at radius 3 is 3.08 bits per heavy atom. The number of carbonyl (C=O) groups excluding carboxylic acids is 1. The molecule has 1 aliphatic heterocycles. The monoisotopic (exact) mass is 167 g/mol. The molecule has 0 aromatic rings. The maximum absolute atomic E-state index is 11.6. The highest BCUT2D eigenvalue weighted by Gasteiger charge is 2.61. The molecule has 0 amide bonds. The standard InChI is InChI=1S/C10H15O2/c1-2-5-8(11)10-7-4-3-6-9(10)12-10/h9H,1-7H2. The zero-order chi connectivity index (χ0) is 8.60. The molecule has 1 heterocycles. The largest absolute Gasteiger partial charge is 0.358 e. The van der Waals surface area contributed by atoms with Gasteiger partial charge in [0.2, 0.25) is 0 Å². The van der Waals surface area contributed by atoms with Crippen LogP contribution in [0.2, 0.25) is 0 Å². The van der Waals surface area contributed by atoms with Crippen LogP contribution in [0.1, 0.15) is 38.5 Å². The predicted molar refractivity (Wildman–Crippen MR) is 45.7 cm³/mol. The minimum Gasteiger partial charge on any atom is -0.358 e. The number of epoxide rings is 1. The van der Waals surface area contributed by atoms with Crippen LogP contribution in [0.5, 0.6) is 0 Å². The molecule has 12 heavy (non-hydrogen) atoms. The summed E-state index contributed by atoms with van der Waals surface area (Å²) in [4.78, 5) is 11.6. The van der Waals surface area contributed by atoms with E-state index in [2.05, 4.69) is 6.92 Å². The van der Waals surface area contributed by atoms with Crippen LogP contribution < -0.4 is 0 Å². The second-order valence-electron chi connectivity index (χ2n) is 3.77. The van der Waals surface area contributed by atoms with Crippen LogP contribution in [-0.4, -0.2) is 17.5 Å². The third kappa shape index (κ3) is 1.09. The molecule has 1 radical (unpaired) electrons. The molecule has 0 spiro atoms. The summed E-state index contributed by atoms with van der Waals surface area (Å²) in [5.41, 5.74) is -0.323. The quantitative estimate of drug-likeness (QED) is 0.601. The molecule has 1 saturated carbocycles. The predicted octanol–water partition coefficient (Wildman–Crippen LogP) is 1.88. The smallest absolute Gasteiger partial charge is 0.167 e. The molecule has 0 bridgehead atoms. The topological polar surface area (TPSA) is 29.6 Å². The van der Waals surface area contributed by atoms with Crippen molar-refractivity contribution in [2.45, 2.75) is 50.2 Å². The van der Waals surface area contributed by atoms with E-state index in [4.69, 9.17) is 4.74 Å². The van der Waals surface area contributed by atoms with Crippen LogP contribution in [0, 0.1) is 6.92 Å². The minimum absolute atomic E-state index is 0.269. The fraction of sp³-hybridized carbons (Fsp3) is 0.800. The fourth-order valence-corrected chi connectivity index (χ4v) is 2.21. The Morgan fingerprint density at radius 1 is 1.58 bits per heavy atom. The Bertz CT molecular complexity index is 200. The number of rotatable bonds is 3. The van der Waals surface area contributed by atoms with E-state index in [0.717, 1.165) is 19.3 Å². The van der Waals surface area contributed by atoms with Crippen molar-refractivity contribution in [2.75, 3.05) is 0 Å². The lowest BCUT2D eigenvalue weighted by molar-refractivity contribution is -0.124. The van der Waals surface area contributed by atoms with E-state index < -0.39 is 0 Å². The lowest BCUT2D eigenvalue weighted by atomic mass is 9.84. The summed E-state index contributed by atoms with van der Waals surface area (Å²) in [7, 11) is 0. The summed E-state index contributed by atoms with van der Waals surface area (Å²) in [5, 5.41) is 0. The van der Waals surface area contributed by atoms with Gasteiger partial charge in [-0.3, -0.25) is 4.79 Å². The first-order valence-electron chi connectivity index (χ1n) is 4.80. The van der Waals surface area contributed by atoms with Crippen LogP contribution >= 0.6 is 0 Å². The lowest BCUT2D eigenvalue weighted by Crippen LogP contribution is -2.29. The van der Waals surface area contributed by atoms with Gasteiger partial charge in [-0.1, -0.05) is 13.3 Å². The first-order chi connectivity index (χ1) is 5.79. The highest BCUT2D eigenvalue weighted by Crippen LogP contribution is 2.48. The summed E-state index contributed by atoms with van der Waals surface area (Å²) in [5.74, 6) is 0.294. The Kier molecular flexibility index (Phi) is 1.95. The third-order valence-corrected chi connectivity index (χ3v) is 2.96. The van der Waals surface area contributed by atoms with E-state index in [9.17, 15) is 4.79 Å². The molecule has 2 unspecified atom stereocenters. The normalized spacial score (nSPS) is 38.9. The molecule has 1 aliphatic carbocycles. The number of hydrogen-bond acceptors (Lipinski definition) is 2. The van der Waals surface area contributed by atoms with Crippen molar-refractivity contribution in [1.29, 1.82) is 0 Å². The maximum Gasteiger partial charge on any atom is 0.167 e. The molecule has 0 aromatic heterocycles. The summed E-state index contributed by atoms with van der Waals surface area (Å²) < 4.78 is 5.50. The van der Waals surface area contributed by atoms with E-state index in [1.807, 2.05) is 0 Å². The molecule has 1 saturated heterocycles. The summed E-state index contributed by atoms with van der Waals surface area (Å²) in [6.07, 6.45) is 5.99. The van der Waals surface area contributed by atoms with Gasteiger partial charge in [0.15, 0.2) is 11.4 Å². The van der Waals surface area contributed by atoms with Gasteiger partial charge in [0.1, 0.15) is 0 Å². The zero-order valence-electron chi connectivity index (χ0n) is 7.34. The molecule has 67 valence electrons. The van der Waals surface area contributed by atoms with Gasteiger partial charge in [-0.05, 0) is 25.7 Å². The number of fused-ring (bicyclic) bond motifs is 1. The van der Waals surface area contributed by atoms with E-state index in [1.165, 1.54) is 6.42 Å². The number of carbonyl (C=O) groups is 1. The Labute approximate surface area is 73.3 Å². The first kappa shape index (κ1) is 8.24. The van der Waals surface area contributed by atoms with Crippen molar-refractivity contribution in [3.8, 4) is 0 Å². The van der Waals surface area contributed by atoms with Crippen molar-refractivity contribution < 1.29 is 9.53 Å². The van der Waals surface area contributed by atoms with Gasteiger partial charge in [-0.15, -0.1) is 0 Å². The van der Waals surface area contributed by atoms with Crippen molar-refractivity contribution >= 4 is 5.78 Å². The second-order valence-corrected chi connectivity index (χ2v) is 3.77. The van der Waals surface area contributed by atoms with Crippen molar-refractivity contribution in [3.05, 3.63) is 6.92 Å². The van der Waals surface area contributed by atoms with Gasteiger partial charge in [0, 0.05) is 6.42 Å². The number of hydrogen-bond donors (Lipinski definition) is 0. The molecular weight excluding hydrogens is 152 g/mol. The van der Waals surface area contributed by atoms with Crippen LogP contribution in [0.3, 0.4) is 0 Å². The second kappa shape index (κ2) is 2.84. The molecule has 2 aliphatic rings. The fourth-order valence-electron chi connectivity index (χ4n) is 2.21. The number of Topliss-reactive ketones (excluding diaryl/α,β-unsaturated/α-hetero) is 1. The van der Waals surface area contributed by atoms with Crippen LogP contribution in [-0.2, 0) is 9.53 Å². The van der Waals surface area contributed by atoms with Gasteiger partial charge in [-0.2, -0.15) is 0 Å². The van der Waals surface area contributed by atoms with Crippen molar-refractivity contribution in [1.82, 2.24) is 0 Å². The summed E-state index contributed by atoms with van der Waals surface area (Å²) in [6.45, 7) is 3.69. The maximum atomic E-state index is 11.6. The highest BCUT2D eigenvalue weighted by molar-refractivity contribution is 5.90. The molecule has 2 rings (SSSR count). The lowest BCUT2D eigenvalue weighted by Gasteiger charge is -2.14. The summed E-state index contributed by atoms with van der Waals surface area (Å²) >= 11 is 0. The average Bonchev–Trinajstić information content (AvgIpc) is 2.79. The van der Waals surface area contributed by atoms with Crippen molar-refractivity contribution in [3.63, 3.8) is 0 Å². The van der Waals surface area contributed by atoms with Crippen LogP contribution in [0.15, 0.2) is 0 Å². The zero-order valence-corrected chi connectivity index (χ0v) is 7.34. The molecule has 2 heteroatoms. The molecule has 2 nitrogen and oxygen atoms in total. The SMILES string of the molecule is [CH2]CCC(=O)C12CCCCC1O2. The van der Waals surface area contributed by atoms with Crippen molar-refractivity contribution in [2.24, 2.45) is 0 Å². The van der Waals surface area contributed by atoms with E-state index in [0.29, 0.717) is 18.6 Å². The molecule has 2 atom stereocenters. The van der Waals surface area contributed by atoms with Crippen LogP contribution in [0.25, 0.3) is 0 Å². The molecule has 0 aromatic carbocycles. The van der Waals surface area contributed by atoms with Gasteiger partial charge in [-0.25, -0.2) is 0 Å². The molecule has 2 fully saturated rings. The minimum atomic E-state index is -0.323. The van der Waals surface area contributed by atoms with E-state index in [-0.39, 0.29) is 11.7 Å². The van der Waals surface area contributed by atoms with E-state index >= 15 is 0 Å². The first-order valence-corrected chi connectivity index (χ1v) is 4.80. The van der Waals surface area contributed by atoms with Crippen LogP contribution in [0.4, 0.5) is 0 Å². The Balaban J connectivity index is 1.98. The molecule has 0 N–H and O–H groups in total. The van der Waals surface area contributed by atoms with E-state index in [1.54, 1.807) is 0 Å². The third-order valence-electron chi connectivity index (χ3n) is 2.96. The Hall–Kier alpha value is -0.370. The summed E-state index contributed by atoms with van der Waals surface area (Å²) in [6, 6.07) is 0.